The summed E-state index contributed by atoms with van der Waals surface area (Å²) in [6.07, 6.45) is 2.56. The van der Waals surface area contributed by atoms with Crippen LogP contribution in [0.3, 0.4) is 0 Å². The molecule has 0 bridgehead atoms. The summed E-state index contributed by atoms with van der Waals surface area (Å²) in [5, 5.41) is 3.40. The zero-order chi connectivity index (χ0) is 23.9. The number of carbonyl (C=O) groups is 1. The number of amides is 1. The fraction of sp³-hybridized carbons (Fsp3) is 0.0909. The number of nitrogens with one attached hydrogen (secondary N) is 3. The van der Waals surface area contributed by atoms with E-state index in [9.17, 15) is 26.8 Å². The summed E-state index contributed by atoms with van der Waals surface area (Å²) in [4.78, 5) is 30.5. The van der Waals surface area contributed by atoms with Crippen LogP contribution in [0.1, 0.15) is 16.2 Å². The van der Waals surface area contributed by atoms with Crippen molar-refractivity contribution in [3.8, 4) is 11.5 Å². The van der Waals surface area contributed by atoms with Crippen LogP contribution in [0.25, 0.3) is 10.8 Å². The number of hydrogen-bond donors (Lipinski definition) is 3. The molecular formula is C22H17F2N3O5S. The van der Waals surface area contributed by atoms with E-state index in [1.807, 2.05) is 0 Å². The SMILES string of the molecule is Cc1[nH]cc2cc(C(=O)Nc3cc(S(C)(=O)=O)ccc3Oc3ccc(F)cc3F)[nH]c(=O)c12. The molecule has 0 atom stereocenters. The number of H-pyrrole nitrogens is 2. The van der Waals surface area contributed by atoms with Crippen molar-refractivity contribution in [2.75, 3.05) is 11.6 Å². The maximum absolute atomic E-state index is 14.1. The van der Waals surface area contributed by atoms with Crippen molar-refractivity contribution in [1.82, 2.24) is 9.97 Å². The lowest BCUT2D eigenvalue weighted by Crippen LogP contribution is -2.19. The second-order valence-electron chi connectivity index (χ2n) is 7.32. The fourth-order valence-corrected chi connectivity index (χ4v) is 3.90. The van der Waals surface area contributed by atoms with Gasteiger partial charge in [-0.2, -0.15) is 0 Å². The maximum atomic E-state index is 14.1. The van der Waals surface area contributed by atoms with Crippen LogP contribution in [0.2, 0.25) is 0 Å². The Hall–Kier alpha value is -3.99. The van der Waals surface area contributed by atoms with Crippen molar-refractivity contribution in [3.63, 3.8) is 0 Å². The van der Waals surface area contributed by atoms with Crippen molar-refractivity contribution in [2.45, 2.75) is 11.8 Å². The van der Waals surface area contributed by atoms with E-state index in [-0.39, 0.29) is 27.8 Å². The number of fused-ring (bicyclic) bond motifs is 1. The highest BCUT2D eigenvalue weighted by atomic mass is 32.2. The molecule has 0 aliphatic heterocycles. The van der Waals surface area contributed by atoms with Crippen LogP contribution < -0.4 is 15.6 Å². The second kappa shape index (κ2) is 8.17. The van der Waals surface area contributed by atoms with Gasteiger partial charge in [-0.25, -0.2) is 17.2 Å². The summed E-state index contributed by atoms with van der Waals surface area (Å²) < 4.78 is 56.7. The molecule has 11 heteroatoms. The quantitative estimate of drug-likeness (QED) is 0.406. The standard InChI is InChI=1S/C22H17F2N3O5S/c1-11-20-12(10-25-11)7-17(27-22(20)29)21(28)26-16-9-14(33(2,30)31)4-6-19(16)32-18-5-3-13(23)8-15(18)24/h3-10,25H,1-2H3,(H,26,28)(H,27,29). The van der Waals surface area contributed by atoms with Gasteiger partial charge in [0, 0.05) is 29.6 Å². The smallest absolute Gasteiger partial charge is 0.272 e. The topological polar surface area (TPSA) is 121 Å². The number of sulfone groups is 1. The van der Waals surface area contributed by atoms with E-state index >= 15 is 0 Å². The van der Waals surface area contributed by atoms with Crippen molar-refractivity contribution >= 4 is 32.2 Å². The molecule has 0 unspecified atom stereocenters. The van der Waals surface area contributed by atoms with Gasteiger partial charge in [-0.15, -0.1) is 0 Å². The van der Waals surface area contributed by atoms with Gasteiger partial charge in [0.05, 0.1) is 16.0 Å². The Morgan fingerprint density at radius 3 is 2.48 bits per heavy atom. The molecule has 0 saturated heterocycles. The van der Waals surface area contributed by atoms with Crippen LogP contribution in [0.15, 0.2) is 58.4 Å². The monoisotopic (exact) mass is 473 g/mol. The molecule has 2 aromatic heterocycles. The average Bonchev–Trinajstić information content (AvgIpc) is 3.11. The molecule has 4 aromatic rings. The first-order valence-electron chi connectivity index (χ1n) is 9.52. The van der Waals surface area contributed by atoms with Crippen LogP contribution in [0.4, 0.5) is 14.5 Å². The molecule has 0 radical (unpaired) electrons. The zero-order valence-corrected chi connectivity index (χ0v) is 18.1. The van der Waals surface area contributed by atoms with Gasteiger partial charge in [-0.05, 0) is 43.3 Å². The molecule has 0 fully saturated rings. The highest BCUT2D eigenvalue weighted by Gasteiger charge is 2.18. The number of halogens is 2. The molecule has 170 valence electrons. The Labute approximate surface area is 186 Å². The minimum atomic E-state index is -3.65. The number of ether oxygens (including phenoxy) is 1. The maximum Gasteiger partial charge on any atom is 0.272 e. The van der Waals surface area contributed by atoms with Gasteiger partial charge in [0.1, 0.15) is 11.5 Å². The van der Waals surface area contributed by atoms with Gasteiger partial charge in [0.15, 0.2) is 27.2 Å². The molecule has 1 amide bonds. The molecular weight excluding hydrogens is 456 g/mol. The molecule has 0 aliphatic rings. The number of benzene rings is 2. The minimum absolute atomic E-state index is 0.0878. The van der Waals surface area contributed by atoms with Crippen molar-refractivity contribution < 1.29 is 26.7 Å². The Balaban J connectivity index is 1.74. The van der Waals surface area contributed by atoms with Crippen molar-refractivity contribution in [2.24, 2.45) is 0 Å². The number of hydrogen-bond acceptors (Lipinski definition) is 5. The van der Waals surface area contributed by atoms with Crippen molar-refractivity contribution in [3.05, 3.63) is 82.0 Å². The lowest BCUT2D eigenvalue weighted by Gasteiger charge is -2.14. The summed E-state index contributed by atoms with van der Waals surface area (Å²) in [6, 6.07) is 7.71. The van der Waals surface area contributed by atoms with Crippen LogP contribution >= 0.6 is 0 Å². The Morgan fingerprint density at radius 2 is 1.79 bits per heavy atom. The Morgan fingerprint density at radius 1 is 1.06 bits per heavy atom. The predicted molar refractivity (Wildman–Crippen MR) is 118 cm³/mol. The normalized spacial score (nSPS) is 11.5. The number of pyridine rings is 1. The lowest BCUT2D eigenvalue weighted by atomic mass is 10.2. The lowest BCUT2D eigenvalue weighted by molar-refractivity contribution is 0.102. The highest BCUT2D eigenvalue weighted by molar-refractivity contribution is 7.90. The van der Waals surface area contributed by atoms with Crippen LogP contribution in [-0.4, -0.2) is 30.5 Å². The number of carbonyl (C=O) groups excluding carboxylic acids is 1. The fourth-order valence-electron chi connectivity index (χ4n) is 3.25. The second-order valence-corrected chi connectivity index (χ2v) is 9.33. The summed E-state index contributed by atoms with van der Waals surface area (Å²) in [7, 11) is -3.65. The number of aromatic nitrogens is 2. The highest BCUT2D eigenvalue weighted by Crippen LogP contribution is 2.33. The number of anilines is 1. The van der Waals surface area contributed by atoms with Gasteiger partial charge >= 0.3 is 0 Å². The summed E-state index contributed by atoms with van der Waals surface area (Å²) in [5.41, 5.74) is -0.0322. The summed E-state index contributed by atoms with van der Waals surface area (Å²) >= 11 is 0. The van der Waals surface area contributed by atoms with Gasteiger partial charge < -0.3 is 20.0 Å². The zero-order valence-electron chi connectivity index (χ0n) is 17.3. The third kappa shape index (κ3) is 4.48. The third-order valence-electron chi connectivity index (χ3n) is 4.87. The van der Waals surface area contributed by atoms with E-state index in [0.717, 1.165) is 24.5 Å². The number of rotatable bonds is 5. The molecule has 0 saturated carbocycles. The number of aryl methyl sites for hydroxylation is 1. The largest absolute Gasteiger partial charge is 0.452 e. The molecule has 33 heavy (non-hydrogen) atoms. The molecule has 2 aromatic carbocycles. The summed E-state index contributed by atoms with van der Waals surface area (Å²) in [6.45, 7) is 1.71. The first kappa shape index (κ1) is 22.2. The van der Waals surface area contributed by atoms with E-state index in [4.69, 9.17) is 4.74 Å². The van der Waals surface area contributed by atoms with E-state index in [1.165, 1.54) is 18.2 Å². The van der Waals surface area contributed by atoms with Crippen LogP contribution in [0, 0.1) is 18.6 Å². The Kier molecular flexibility index (Phi) is 5.50. The predicted octanol–water partition coefficient (Wildman–Crippen LogP) is 3.89. The van der Waals surface area contributed by atoms with Crippen LogP contribution in [-0.2, 0) is 9.84 Å². The molecule has 4 rings (SSSR count). The molecule has 0 aliphatic carbocycles. The molecule has 8 nitrogen and oxygen atoms in total. The first-order valence-corrected chi connectivity index (χ1v) is 11.4. The number of aromatic amines is 2. The van der Waals surface area contributed by atoms with E-state index in [1.54, 1.807) is 13.1 Å². The van der Waals surface area contributed by atoms with Gasteiger partial charge in [0.25, 0.3) is 11.5 Å². The molecule has 0 spiro atoms. The van der Waals surface area contributed by atoms with E-state index in [2.05, 4.69) is 15.3 Å². The van der Waals surface area contributed by atoms with Crippen molar-refractivity contribution in [1.29, 1.82) is 0 Å². The molecule has 2 heterocycles. The third-order valence-corrected chi connectivity index (χ3v) is 5.98. The van der Waals surface area contributed by atoms with E-state index < -0.39 is 32.9 Å². The first-order chi connectivity index (χ1) is 15.5. The molecule has 3 N–H and O–H groups in total. The van der Waals surface area contributed by atoms with Crippen LogP contribution in [0.5, 0.6) is 11.5 Å². The van der Waals surface area contributed by atoms with Gasteiger partial charge in [0.2, 0.25) is 0 Å². The van der Waals surface area contributed by atoms with E-state index in [0.29, 0.717) is 22.5 Å². The minimum Gasteiger partial charge on any atom is -0.452 e. The van der Waals surface area contributed by atoms with Gasteiger partial charge in [-0.3, -0.25) is 9.59 Å². The van der Waals surface area contributed by atoms with Gasteiger partial charge in [-0.1, -0.05) is 0 Å². The average molecular weight is 473 g/mol. The Bertz CT molecular complexity index is 1570. The summed E-state index contributed by atoms with van der Waals surface area (Å²) in [5.74, 6) is -2.99.